The first-order chi connectivity index (χ1) is 13.7. The van der Waals surface area contributed by atoms with Gasteiger partial charge in [0.05, 0.1) is 0 Å². The van der Waals surface area contributed by atoms with Gasteiger partial charge in [-0.2, -0.15) is 0 Å². The van der Waals surface area contributed by atoms with Gasteiger partial charge in [-0.25, -0.2) is 9.18 Å². The first kappa shape index (κ1) is 22.1. The third-order valence-electron chi connectivity index (χ3n) is 4.67. The van der Waals surface area contributed by atoms with E-state index in [1.165, 1.54) is 31.2 Å². The van der Waals surface area contributed by atoms with Crippen LogP contribution >= 0.6 is 0 Å². The van der Waals surface area contributed by atoms with Crippen molar-refractivity contribution in [2.24, 2.45) is 0 Å². The highest BCUT2D eigenvalue weighted by Gasteiger charge is 2.26. The predicted octanol–water partition coefficient (Wildman–Crippen LogP) is 2.30. The van der Waals surface area contributed by atoms with Crippen LogP contribution in [0.5, 0.6) is 0 Å². The Morgan fingerprint density at radius 1 is 0.897 bits per heavy atom. The van der Waals surface area contributed by atoms with Crippen molar-refractivity contribution in [2.45, 2.75) is 45.7 Å². The second-order valence-electron chi connectivity index (χ2n) is 7.11. The Labute approximate surface area is 169 Å². The van der Waals surface area contributed by atoms with Crippen LogP contribution in [-0.2, 0) is 27.2 Å². The lowest BCUT2D eigenvalue weighted by molar-refractivity contribution is -0.142. The minimum absolute atomic E-state index is 0.113. The molecule has 0 bridgehead atoms. The molecule has 0 heterocycles. The van der Waals surface area contributed by atoms with Gasteiger partial charge in [0.2, 0.25) is 11.8 Å². The average Bonchev–Trinajstić information content (AvgIpc) is 2.64. The summed E-state index contributed by atoms with van der Waals surface area (Å²) in [4.78, 5) is 35.9. The fraction of sp³-hybridized carbons (Fsp3) is 0.318. The topological polar surface area (TPSA) is 95.5 Å². The molecule has 3 N–H and O–H groups in total. The Kier molecular flexibility index (Phi) is 7.47. The van der Waals surface area contributed by atoms with E-state index in [1.54, 1.807) is 0 Å². The minimum Gasteiger partial charge on any atom is -0.480 e. The summed E-state index contributed by atoms with van der Waals surface area (Å²) in [5.41, 5.74) is 3.55. The molecule has 6 nitrogen and oxygen atoms in total. The summed E-state index contributed by atoms with van der Waals surface area (Å²) in [5, 5.41) is 14.6. The SMILES string of the molecule is CC(=O)N[C@@H](Cc1ccc(F)cc1)C(=O)N[C@H](Cc1ccc(C)c(C)c1)C(=O)O. The van der Waals surface area contributed by atoms with Crippen LogP contribution in [0, 0.1) is 19.7 Å². The molecule has 0 fully saturated rings. The van der Waals surface area contributed by atoms with Crippen molar-refractivity contribution in [1.82, 2.24) is 10.6 Å². The molecule has 2 rings (SSSR count). The molecule has 2 aromatic carbocycles. The number of hydrogen-bond acceptors (Lipinski definition) is 3. The van der Waals surface area contributed by atoms with Crippen LogP contribution < -0.4 is 10.6 Å². The number of rotatable bonds is 8. The van der Waals surface area contributed by atoms with Gasteiger partial charge in [0.15, 0.2) is 0 Å². The molecule has 0 unspecified atom stereocenters. The molecule has 2 aromatic rings. The number of aliphatic carboxylic acids is 1. The number of aryl methyl sites for hydroxylation is 2. The van der Waals surface area contributed by atoms with Gasteiger partial charge in [-0.05, 0) is 48.2 Å². The lowest BCUT2D eigenvalue weighted by atomic mass is 10.00. The van der Waals surface area contributed by atoms with Crippen molar-refractivity contribution in [2.75, 3.05) is 0 Å². The van der Waals surface area contributed by atoms with Gasteiger partial charge in [0.25, 0.3) is 0 Å². The number of amides is 2. The van der Waals surface area contributed by atoms with E-state index in [-0.39, 0.29) is 12.8 Å². The Morgan fingerprint density at radius 3 is 2.03 bits per heavy atom. The smallest absolute Gasteiger partial charge is 0.326 e. The summed E-state index contributed by atoms with van der Waals surface area (Å²) in [5.74, 6) is -2.61. The van der Waals surface area contributed by atoms with Crippen molar-refractivity contribution < 1.29 is 23.9 Å². The second-order valence-corrected chi connectivity index (χ2v) is 7.11. The molecule has 0 saturated carbocycles. The van der Waals surface area contributed by atoms with Gasteiger partial charge in [-0.3, -0.25) is 9.59 Å². The number of nitrogens with one attached hydrogen (secondary N) is 2. The zero-order chi connectivity index (χ0) is 21.6. The number of halogens is 1. The summed E-state index contributed by atoms with van der Waals surface area (Å²) in [6, 6.07) is 9.06. The summed E-state index contributed by atoms with van der Waals surface area (Å²) < 4.78 is 13.1. The van der Waals surface area contributed by atoms with Crippen LogP contribution in [0.2, 0.25) is 0 Å². The molecule has 0 aliphatic carbocycles. The number of carboxylic acid groups (broad SMARTS) is 1. The maximum absolute atomic E-state index is 13.1. The first-order valence-electron chi connectivity index (χ1n) is 9.26. The Hall–Kier alpha value is -3.22. The minimum atomic E-state index is -1.17. The number of carbonyl (C=O) groups excluding carboxylic acids is 2. The standard InChI is InChI=1S/C22H25FN2O4/c1-13-4-5-17(10-14(13)2)12-20(22(28)29)25-21(27)19(24-15(3)26)11-16-6-8-18(23)9-7-16/h4-10,19-20H,11-12H2,1-3H3,(H,24,26)(H,25,27)(H,28,29)/t19-,20+/m0/s1. The molecule has 0 aromatic heterocycles. The van der Waals surface area contributed by atoms with Gasteiger partial charge >= 0.3 is 5.97 Å². The van der Waals surface area contributed by atoms with E-state index in [4.69, 9.17) is 0 Å². The molecular formula is C22H25FN2O4. The fourth-order valence-electron chi connectivity index (χ4n) is 2.95. The Balaban J connectivity index is 2.14. The first-order valence-corrected chi connectivity index (χ1v) is 9.26. The lowest BCUT2D eigenvalue weighted by Crippen LogP contribution is -2.52. The van der Waals surface area contributed by atoms with Crippen LogP contribution in [-0.4, -0.2) is 35.0 Å². The molecule has 0 aliphatic heterocycles. The molecule has 2 atom stereocenters. The van der Waals surface area contributed by atoms with Crippen molar-refractivity contribution >= 4 is 17.8 Å². The van der Waals surface area contributed by atoms with Crippen LogP contribution in [0.1, 0.15) is 29.2 Å². The summed E-state index contributed by atoms with van der Waals surface area (Å²) in [7, 11) is 0. The molecule has 29 heavy (non-hydrogen) atoms. The van der Waals surface area contributed by atoms with Crippen molar-refractivity contribution in [3.63, 3.8) is 0 Å². The van der Waals surface area contributed by atoms with Crippen LogP contribution in [0.3, 0.4) is 0 Å². The number of benzene rings is 2. The highest BCUT2D eigenvalue weighted by molar-refractivity contribution is 5.90. The van der Waals surface area contributed by atoms with Crippen LogP contribution in [0.25, 0.3) is 0 Å². The molecule has 7 heteroatoms. The monoisotopic (exact) mass is 400 g/mol. The number of carboxylic acids is 1. The van der Waals surface area contributed by atoms with E-state index in [9.17, 15) is 23.9 Å². The normalized spacial score (nSPS) is 12.7. The lowest BCUT2D eigenvalue weighted by Gasteiger charge is -2.21. The van der Waals surface area contributed by atoms with Crippen molar-refractivity contribution in [3.05, 3.63) is 70.5 Å². The van der Waals surface area contributed by atoms with Gasteiger partial charge < -0.3 is 15.7 Å². The van der Waals surface area contributed by atoms with E-state index < -0.39 is 35.7 Å². The van der Waals surface area contributed by atoms with E-state index in [2.05, 4.69) is 10.6 Å². The van der Waals surface area contributed by atoms with Crippen molar-refractivity contribution in [1.29, 1.82) is 0 Å². The number of carbonyl (C=O) groups is 3. The van der Waals surface area contributed by atoms with Crippen LogP contribution in [0.4, 0.5) is 4.39 Å². The maximum atomic E-state index is 13.1. The van der Waals surface area contributed by atoms with Crippen LogP contribution in [0.15, 0.2) is 42.5 Å². The largest absolute Gasteiger partial charge is 0.480 e. The summed E-state index contributed by atoms with van der Waals surface area (Å²) >= 11 is 0. The summed E-state index contributed by atoms with van der Waals surface area (Å²) in [6.45, 7) is 5.17. The zero-order valence-electron chi connectivity index (χ0n) is 16.7. The predicted molar refractivity (Wildman–Crippen MR) is 107 cm³/mol. The van der Waals surface area contributed by atoms with Crippen molar-refractivity contribution in [3.8, 4) is 0 Å². The average molecular weight is 400 g/mol. The molecule has 2 amide bonds. The molecule has 0 spiro atoms. The molecule has 154 valence electrons. The quantitative estimate of drug-likeness (QED) is 0.634. The van der Waals surface area contributed by atoms with Gasteiger partial charge in [0.1, 0.15) is 17.9 Å². The van der Waals surface area contributed by atoms with E-state index in [1.807, 2.05) is 32.0 Å². The maximum Gasteiger partial charge on any atom is 0.326 e. The molecule has 0 radical (unpaired) electrons. The highest BCUT2D eigenvalue weighted by atomic mass is 19.1. The molecular weight excluding hydrogens is 375 g/mol. The van der Waals surface area contributed by atoms with E-state index in [0.29, 0.717) is 5.56 Å². The Bertz CT molecular complexity index is 896. The molecule has 0 saturated heterocycles. The fourth-order valence-corrected chi connectivity index (χ4v) is 2.95. The molecule has 0 aliphatic rings. The summed E-state index contributed by atoms with van der Waals surface area (Å²) in [6.07, 6.45) is 0.229. The second kappa shape index (κ2) is 9.82. The number of hydrogen-bond donors (Lipinski definition) is 3. The van der Waals surface area contributed by atoms with Gasteiger partial charge in [0, 0.05) is 19.8 Å². The van der Waals surface area contributed by atoms with E-state index in [0.717, 1.165) is 16.7 Å². The zero-order valence-corrected chi connectivity index (χ0v) is 16.7. The third-order valence-corrected chi connectivity index (χ3v) is 4.67. The Morgan fingerprint density at radius 2 is 1.48 bits per heavy atom. The van der Waals surface area contributed by atoms with Gasteiger partial charge in [-0.1, -0.05) is 30.3 Å². The van der Waals surface area contributed by atoms with E-state index >= 15 is 0 Å². The highest BCUT2D eigenvalue weighted by Crippen LogP contribution is 2.12. The third kappa shape index (κ3) is 6.71. The van der Waals surface area contributed by atoms with Gasteiger partial charge in [-0.15, -0.1) is 0 Å².